The second-order valence-electron chi connectivity index (χ2n) is 3.78. The maximum Gasteiger partial charge on any atom is -0.0316 e. The first-order chi connectivity index (χ1) is 6.91. The summed E-state index contributed by atoms with van der Waals surface area (Å²) in [4.78, 5) is 0. The van der Waals surface area contributed by atoms with Gasteiger partial charge in [0, 0.05) is 0 Å². The zero-order chi connectivity index (χ0) is 10.5. The van der Waals surface area contributed by atoms with Crippen LogP contribution in [0.4, 0.5) is 0 Å². The molecule has 0 aliphatic rings. The Kier molecular flexibility index (Phi) is 12.0. The Labute approximate surface area is 90.1 Å². The van der Waals surface area contributed by atoms with Crippen LogP contribution in [0.3, 0.4) is 0 Å². The van der Waals surface area contributed by atoms with Gasteiger partial charge in [0.1, 0.15) is 0 Å². The van der Waals surface area contributed by atoms with E-state index in [9.17, 15) is 0 Å². The molecule has 82 valence electrons. The van der Waals surface area contributed by atoms with Gasteiger partial charge in [0.05, 0.1) is 0 Å². The van der Waals surface area contributed by atoms with Crippen molar-refractivity contribution in [2.45, 2.75) is 65.2 Å². The number of allylic oxidation sites excluding steroid dienone is 4. The average Bonchev–Trinajstić information content (AvgIpc) is 2.21. The molecule has 14 heavy (non-hydrogen) atoms. The SMILES string of the molecule is CC/C=C/CC/C=C\CCCCCC. The van der Waals surface area contributed by atoms with E-state index in [1.54, 1.807) is 0 Å². The quantitative estimate of drug-likeness (QED) is 0.347. The topological polar surface area (TPSA) is 0 Å². The van der Waals surface area contributed by atoms with E-state index in [0.717, 1.165) is 0 Å². The summed E-state index contributed by atoms with van der Waals surface area (Å²) in [6.45, 7) is 4.44. The van der Waals surface area contributed by atoms with E-state index in [1.165, 1.54) is 51.4 Å². The van der Waals surface area contributed by atoms with E-state index in [4.69, 9.17) is 0 Å². The summed E-state index contributed by atoms with van der Waals surface area (Å²) in [6.07, 6.45) is 19.6. The van der Waals surface area contributed by atoms with Crippen LogP contribution in [0.15, 0.2) is 24.3 Å². The second-order valence-corrected chi connectivity index (χ2v) is 3.78. The minimum Gasteiger partial charge on any atom is -0.0888 e. The lowest BCUT2D eigenvalue weighted by molar-refractivity contribution is 0.674. The summed E-state index contributed by atoms with van der Waals surface area (Å²) in [6, 6.07) is 0. The molecule has 0 aromatic heterocycles. The summed E-state index contributed by atoms with van der Waals surface area (Å²) >= 11 is 0. The van der Waals surface area contributed by atoms with Crippen LogP contribution in [0.2, 0.25) is 0 Å². The summed E-state index contributed by atoms with van der Waals surface area (Å²) in [5, 5.41) is 0. The summed E-state index contributed by atoms with van der Waals surface area (Å²) < 4.78 is 0. The summed E-state index contributed by atoms with van der Waals surface area (Å²) in [7, 11) is 0. The maximum atomic E-state index is 2.34. The third-order valence-electron chi connectivity index (χ3n) is 2.29. The van der Waals surface area contributed by atoms with Crippen LogP contribution in [0.5, 0.6) is 0 Å². The fourth-order valence-electron chi connectivity index (χ4n) is 1.40. The van der Waals surface area contributed by atoms with Crippen molar-refractivity contribution in [3.8, 4) is 0 Å². The van der Waals surface area contributed by atoms with Gasteiger partial charge >= 0.3 is 0 Å². The van der Waals surface area contributed by atoms with Gasteiger partial charge in [-0.05, 0) is 32.1 Å². The number of hydrogen-bond acceptors (Lipinski definition) is 0. The molecule has 0 aliphatic heterocycles. The van der Waals surface area contributed by atoms with Crippen molar-refractivity contribution >= 4 is 0 Å². The molecule has 0 spiro atoms. The van der Waals surface area contributed by atoms with Gasteiger partial charge in [-0.25, -0.2) is 0 Å². The molecule has 0 saturated carbocycles. The lowest BCUT2D eigenvalue weighted by Crippen LogP contribution is -1.73. The predicted octanol–water partition coefficient (Wildman–Crippen LogP) is 5.26. The van der Waals surface area contributed by atoms with Crippen molar-refractivity contribution in [1.82, 2.24) is 0 Å². The molecular weight excluding hydrogens is 168 g/mol. The Bertz CT molecular complexity index is 142. The zero-order valence-electron chi connectivity index (χ0n) is 9.97. The normalized spacial score (nSPS) is 11.9. The average molecular weight is 194 g/mol. The molecule has 0 heterocycles. The molecular formula is C14H26. The van der Waals surface area contributed by atoms with Gasteiger partial charge in [0.25, 0.3) is 0 Å². The van der Waals surface area contributed by atoms with Crippen molar-refractivity contribution in [2.75, 3.05) is 0 Å². The molecule has 0 N–H and O–H groups in total. The van der Waals surface area contributed by atoms with Crippen LogP contribution in [0, 0.1) is 0 Å². The van der Waals surface area contributed by atoms with E-state index >= 15 is 0 Å². The largest absolute Gasteiger partial charge is 0.0888 e. The lowest BCUT2D eigenvalue weighted by Gasteiger charge is -1.93. The van der Waals surface area contributed by atoms with Gasteiger partial charge in [0.2, 0.25) is 0 Å². The van der Waals surface area contributed by atoms with Crippen LogP contribution >= 0.6 is 0 Å². The van der Waals surface area contributed by atoms with Crippen LogP contribution in [0.1, 0.15) is 65.2 Å². The minimum atomic E-state index is 1.17. The molecule has 0 saturated heterocycles. The van der Waals surface area contributed by atoms with Crippen LogP contribution in [-0.4, -0.2) is 0 Å². The highest BCUT2D eigenvalue weighted by Gasteiger charge is 1.83. The highest BCUT2D eigenvalue weighted by atomic mass is 13.9. The third-order valence-corrected chi connectivity index (χ3v) is 2.29. The Morgan fingerprint density at radius 3 is 1.93 bits per heavy atom. The van der Waals surface area contributed by atoms with Crippen LogP contribution in [-0.2, 0) is 0 Å². The van der Waals surface area contributed by atoms with E-state index in [0.29, 0.717) is 0 Å². The fraction of sp³-hybridized carbons (Fsp3) is 0.714. The molecule has 0 unspecified atom stereocenters. The van der Waals surface area contributed by atoms with Gasteiger partial charge in [0.15, 0.2) is 0 Å². The summed E-state index contributed by atoms with van der Waals surface area (Å²) in [5.41, 5.74) is 0. The smallest absolute Gasteiger partial charge is 0.0316 e. The van der Waals surface area contributed by atoms with Gasteiger partial charge in [-0.2, -0.15) is 0 Å². The fourth-order valence-corrected chi connectivity index (χ4v) is 1.40. The highest BCUT2D eigenvalue weighted by molar-refractivity contribution is 4.87. The second kappa shape index (κ2) is 12.5. The Hall–Kier alpha value is -0.520. The van der Waals surface area contributed by atoms with E-state index in [-0.39, 0.29) is 0 Å². The molecule has 0 amide bonds. The first-order valence-corrected chi connectivity index (χ1v) is 6.21. The van der Waals surface area contributed by atoms with Gasteiger partial charge in [-0.15, -0.1) is 0 Å². The van der Waals surface area contributed by atoms with Crippen molar-refractivity contribution in [3.63, 3.8) is 0 Å². The van der Waals surface area contributed by atoms with Gasteiger partial charge in [-0.3, -0.25) is 0 Å². The first kappa shape index (κ1) is 13.5. The molecule has 0 aliphatic carbocycles. The molecule has 0 radical (unpaired) electrons. The van der Waals surface area contributed by atoms with Crippen molar-refractivity contribution < 1.29 is 0 Å². The Balaban J connectivity index is 3.07. The van der Waals surface area contributed by atoms with Crippen LogP contribution in [0.25, 0.3) is 0 Å². The Morgan fingerprint density at radius 2 is 1.29 bits per heavy atom. The first-order valence-electron chi connectivity index (χ1n) is 6.21. The van der Waals surface area contributed by atoms with E-state index in [2.05, 4.69) is 38.2 Å². The molecule has 0 fully saturated rings. The zero-order valence-corrected chi connectivity index (χ0v) is 9.97. The van der Waals surface area contributed by atoms with Crippen molar-refractivity contribution in [2.24, 2.45) is 0 Å². The minimum absolute atomic E-state index is 1.17. The Morgan fingerprint density at radius 1 is 0.643 bits per heavy atom. The number of hydrogen-bond donors (Lipinski definition) is 0. The molecule has 0 aromatic rings. The maximum absolute atomic E-state index is 2.34. The lowest BCUT2D eigenvalue weighted by atomic mass is 10.1. The van der Waals surface area contributed by atoms with Gasteiger partial charge < -0.3 is 0 Å². The molecule has 0 nitrogen and oxygen atoms in total. The van der Waals surface area contributed by atoms with Crippen molar-refractivity contribution in [3.05, 3.63) is 24.3 Å². The van der Waals surface area contributed by atoms with Crippen LogP contribution < -0.4 is 0 Å². The number of unbranched alkanes of at least 4 members (excludes halogenated alkanes) is 5. The molecule has 0 bridgehead atoms. The molecule has 0 atom stereocenters. The van der Waals surface area contributed by atoms with E-state index in [1.807, 2.05) is 0 Å². The summed E-state index contributed by atoms with van der Waals surface area (Å²) in [5.74, 6) is 0. The predicted molar refractivity (Wildman–Crippen MR) is 66.6 cm³/mol. The molecule has 0 rings (SSSR count). The van der Waals surface area contributed by atoms with E-state index < -0.39 is 0 Å². The highest BCUT2D eigenvalue weighted by Crippen LogP contribution is 2.03. The monoisotopic (exact) mass is 194 g/mol. The van der Waals surface area contributed by atoms with Gasteiger partial charge in [-0.1, -0.05) is 57.4 Å². The third kappa shape index (κ3) is 11.5. The number of rotatable bonds is 9. The van der Waals surface area contributed by atoms with Crippen molar-refractivity contribution in [1.29, 1.82) is 0 Å². The molecule has 0 aromatic carbocycles. The molecule has 0 heteroatoms. The standard InChI is InChI=1S/C14H26/c1-3-5-7-9-11-13-14-12-10-8-6-4-2/h5,7,13-14H,3-4,6,8-12H2,1-2H3/b7-5+,14-13-.